The van der Waals surface area contributed by atoms with Crippen molar-refractivity contribution in [2.24, 2.45) is 0 Å². The van der Waals surface area contributed by atoms with Crippen molar-refractivity contribution >= 4 is 5.91 Å². The summed E-state index contributed by atoms with van der Waals surface area (Å²) in [6.45, 7) is 10.4. The second-order valence-corrected chi connectivity index (χ2v) is 4.79. The molecule has 1 fully saturated rings. The molecule has 1 aliphatic heterocycles. The Labute approximate surface area is 119 Å². The minimum absolute atomic E-state index is 0.0103. The van der Waals surface area contributed by atoms with Crippen LogP contribution in [-0.2, 0) is 0 Å². The van der Waals surface area contributed by atoms with E-state index in [0.29, 0.717) is 18.2 Å². The molecule has 2 heterocycles. The second-order valence-electron chi connectivity index (χ2n) is 4.79. The highest BCUT2D eigenvalue weighted by atomic mass is 16.5. The highest BCUT2D eigenvalue weighted by Gasteiger charge is 2.21. The van der Waals surface area contributed by atoms with E-state index < -0.39 is 0 Å². The molecule has 1 N–H and O–H groups in total. The van der Waals surface area contributed by atoms with Gasteiger partial charge in [-0.25, -0.2) is 0 Å². The van der Waals surface area contributed by atoms with Crippen LogP contribution in [0.2, 0.25) is 0 Å². The average molecular weight is 278 g/mol. The number of ether oxygens (including phenoxy) is 1. The van der Waals surface area contributed by atoms with E-state index in [2.05, 4.69) is 21.7 Å². The number of nitrogens with zero attached hydrogens (tertiary/aromatic N) is 3. The van der Waals surface area contributed by atoms with Crippen LogP contribution in [0.25, 0.3) is 0 Å². The summed E-state index contributed by atoms with van der Waals surface area (Å²) in [5.41, 5.74) is 0.491. The van der Waals surface area contributed by atoms with E-state index in [9.17, 15) is 4.79 Å². The fourth-order valence-electron chi connectivity index (χ4n) is 2.34. The van der Waals surface area contributed by atoms with Crippen LogP contribution in [0, 0.1) is 0 Å². The number of hydrogen-bond donors (Lipinski definition) is 1. The first-order valence-electron chi connectivity index (χ1n) is 7.05. The van der Waals surface area contributed by atoms with Crippen molar-refractivity contribution in [3.8, 4) is 5.88 Å². The van der Waals surface area contributed by atoms with Crippen LogP contribution in [0.15, 0.2) is 18.7 Å². The third-order valence-electron chi connectivity index (χ3n) is 3.34. The Hall–Kier alpha value is -1.82. The SMILES string of the molecule is C=CCN1CCCN(C(=O)c2cc(OCC)n[nH]2)CC1. The lowest BCUT2D eigenvalue weighted by Gasteiger charge is -2.20. The number of nitrogens with one attached hydrogen (secondary N) is 1. The maximum Gasteiger partial charge on any atom is 0.272 e. The van der Waals surface area contributed by atoms with E-state index >= 15 is 0 Å². The topological polar surface area (TPSA) is 61.5 Å². The molecule has 0 aliphatic carbocycles. The van der Waals surface area contributed by atoms with E-state index in [1.54, 1.807) is 6.07 Å². The largest absolute Gasteiger partial charge is 0.477 e. The van der Waals surface area contributed by atoms with E-state index in [4.69, 9.17) is 4.74 Å². The third kappa shape index (κ3) is 3.60. The molecule has 20 heavy (non-hydrogen) atoms. The molecule has 6 nitrogen and oxygen atoms in total. The number of H-pyrrole nitrogens is 1. The molecule has 1 aliphatic rings. The van der Waals surface area contributed by atoms with Gasteiger partial charge in [-0.2, -0.15) is 0 Å². The summed E-state index contributed by atoms with van der Waals surface area (Å²) in [5, 5.41) is 6.72. The zero-order chi connectivity index (χ0) is 14.4. The van der Waals surface area contributed by atoms with Gasteiger partial charge in [0.25, 0.3) is 5.91 Å². The van der Waals surface area contributed by atoms with Gasteiger partial charge in [-0.1, -0.05) is 6.08 Å². The number of carbonyl (C=O) groups is 1. The Morgan fingerprint density at radius 2 is 2.35 bits per heavy atom. The molecule has 1 saturated heterocycles. The minimum atomic E-state index is -0.0103. The molecule has 0 unspecified atom stereocenters. The van der Waals surface area contributed by atoms with Crippen LogP contribution in [0.3, 0.4) is 0 Å². The van der Waals surface area contributed by atoms with Gasteiger partial charge >= 0.3 is 0 Å². The normalized spacial score (nSPS) is 16.8. The number of amides is 1. The fraction of sp³-hybridized carbons (Fsp3) is 0.571. The molecule has 1 aromatic heterocycles. The first-order valence-corrected chi connectivity index (χ1v) is 7.05. The van der Waals surface area contributed by atoms with E-state index in [-0.39, 0.29) is 5.91 Å². The van der Waals surface area contributed by atoms with Gasteiger partial charge in [0.05, 0.1) is 6.61 Å². The zero-order valence-corrected chi connectivity index (χ0v) is 12.0. The van der Waals surface area contributed by atoms with Crippen molar-refractivity contribution in [1.29, 1.82) is 0 Å². The quantitative estimate of drug-likeness (QED) is 0.821. The molecule has 0 spiro atoms. The Morgan fingerprint density at radius 1 is 1.50 bits per heavy atom. The molecule has 110 valence electrons. The molecule has 0 bridgehead atoms. The molecule has 0 atom stereocenters. The van der Waals surface area contributed by atoms with Crippen LogP contribution in [0.5, 0.6) is 5.88 Å². The molecular weight excluding hydrogens is 256 g/mol. The highest BCUT2D eigenvalue weighted by Crippen LogP contribution is 2.12. The summed E-state index contributed by atoms with van der Waals surface area (Å²) in [6, 6.07) is 1.66. The monoisotopic (exact) mass is 278 g/mol. The number of aromatic nitrogens is 2. The van der Waals surface area contributed by atoms with Crippen molar-refractivity contribution in [3.05, 3.63) is 24.4 Å². The van der Waals surface area contributed by atoms with Gasteiger partial charge in [0, 0.05) is 38.8 Å². The van der Waals surface area contributed by atoms with Crippen molar-refractivity contribution in [1.82, 2.24) is 20.0 Å². The Morgan fingerprint density at radius 3 is 3.10 bits per heavy atom. The average Bonchev–Trinajstić information content (AvgIpc) is 2.78. The lowest BCUT2D eigenvalue weighted by Crippen LogP contribution is -2.35. The first-order chi connectivity index (χ1) is 9.74. The van der Waals surface area contributed by atoms with Crippen molar-refractivity contribution < 1.29 is 9.53 Å². The molecule has 6 heteroatoms. The fourth-order valence-corrected chi connectivity index (χ4v) is 2.34. The van der Waals surface area contributed by atoms with Crippen molar-refractivity contribution in [3.63, 3.8) is 0 Å². The molecule has 2 rings (SSSR count). The maximum atomic E-state index is 12.4. The minimum Gasteiger partial charge on any atom is -0.477 e. The maximum absolute atomic E-state index is 12.4. The van der Waals surface area contributed by atoms with Crippen LogP contribution in [-0.4, -0.2) is 65.2 Å². The van der Waals surface area contributed by atoms with E-state index in [1.807, 2.05) is 17.9 Å². The number of aromatic amines is 1. The molecule has 0 saturated carbocycles. The summed E-state index contributed by atoms with van der Waals surface area (Å²) in [7, 11) is 0. The van der Waals surface area contributed by atoms with Gasteiger partial charge in [0.2, 0.25) is 5.88 Å². The van der Waals surface area contributed by atoms with Gasteiger partial charge < -0.3 is 9.64 Å². The van der Waals surface area contributed by atoms with Crippen LogP contribution < -0.4 is 4.74 Å². The van der Waals surface area contributed by atoms with Gasteiger partial charge in [-0.3, -0.25) is 14.8 Å². The molecular formula is C14H22N4O2. The summed E-state index contributed by atoms with van der Waals surface area (Å²) in [5.74, 6) is 0.461. The lowest BCUT2D eigenvalue weighted by atomic mass is 10.3. The Kier molecular flexibility index (Phi) is 5.17. The van der Waals surface area contributed by atoms with E-state index in [0.717, 1.165) is 39.1 Å². The second kappa shape index (κ2) is 7.09. The predicted molar refractivity (Wildman–Crippen MR) is 76.9 cm³/mol. The highest BCUT2D eigenvalue weighted by molar-refractivity contribution is 5.92. The lowest BCUT2D eigenvalue weighted by molar-refractivity contribution is 0.0756. The van der Waals surface area contributed by atoms with Gasteiger partial charge in [-0.15, -0.1) is 11.7 Å². The number of hydrogen-bond acceptors (Lipinski definition) is 4. The van der Waals surface area contributed by atoms with Crippen LogP contribution >= 0.6 is 0 Å². The smallest absolute Gasteiger partial charge is 0.272 e. The summed E-state index contributed by atoms with van der Waals surface area (Å²) in [4.78, 5) is 16.6. The van der Waals surface area contributed by atoms with E-state index in [1.165, 1.54) is 0 Å². The van der Waals surface area contributed by atoms with Gasteiger partial charge in [0.1, 0.15) is 5.69 Å². The molecule has 1 amide bonds. The standard InChI is InChI=1S/C14H22N4O2/c1-3-6-17-7-5-8-18(10-9-17)14(19)12-11-13(16-15-12)20-4-2/h3,11H,1,4-10H2,2H3,(H,15,16). The summed E-state index contributed by atoms with van der Waals surface area (Å²) >= 11 is 0. The molecule has 0 radical (unpaired) electrons. The third-order valence-corrected chi connectivity index (χ3v) is 3.34. The Balaban J connectivity index is 1.95. The first kappa shape index (κ1) is 14.6. The summed E-state index contributed by atoms with van der Waals surface area (Å²) in [6.07, 6.45) is 2.88. The zero-order valence-electron chi connectivity index (χ0n) is 12.0. The molecule has 0 aromatic carbocycles. The van der Waals surface area contributed by atoms with Crippen molar-refractivity contribution in [2.75, 3.05) is 39.3 Å². The predicted octanol–water partition coefficient (Wildman–Crippen LogP) is 1.14. The molecule has 1 aromatic rings. The van der Waals surface area contributed by atoms with Crippen LogP contribution in [0.4, 0.5) is 0 Å². The van der Waals surface area contributed by atoms with Crippen LogP contribution in [0.1, 0.15) is 23.8 Å². The Bertz CT molecular complexity index is 458. The van der Waals surface area contributed by atoms with Gasteiger partial charge in [-0.05, 0) is 13.3 Å². The van der Waals surface area contributed by atoms with Crippen molar-refractivity contribution in [2.45, 2.75) is 13.3 Å². The number of rotatable bonds is 5. The summed E-state index contributed by atoms with van der Waals surface area (Å²) < 4.78 is 5.27. The number of carbonyl (C=O) groups excluding carboxylic acids is 1. The van der Waals surface area contributed by atoms with Gasteiger partial charge in [0.15, 0.2) is 0 Å².